The normalized spacial score (nSPS) is 13.4. The molecule has 0 aliphatic carbocycles. The fourth-order valence-electron chi connectivity index (χ4n) is 1.46. The molecule has 2 nitrogen and oxygen atoms in total. The van der Waals surface area contributed by atoms with Crippen LogP contribution in [0.5, 0.6) is 5.75 Å². The zero-order valence-electron chi connectivity index (χ0n) is 12.1. The van der Waals surface area contributed by atoms with Gasteiger partial charge in [-0.05, 0) is 38.5 Å². The molecule has 0 spiro atoms. The third kappa shape index (κ3) is 4.92. The Morgan fingerprint density at radius 3 is 2.06 bits per heavy atom. The van der Waals surface area contributed by atoms with Crippen molar-refractivity contribution in [3.63, 3.8) is 0 Å². The summed E-state index contributed by atoms with van der Waals surface area (Å²) in [5.74, 6) is 1.12. The standard InChI is InChI=1S/C16H24O2/c1-7-13-8-10-14(11-9-13)17-15(12(2)3)18-16(4,5)6/h7-12,15H,1H2,2-6H3. The number of hydrogen-bond acceptors (Lipinski definition) is 2. The van der Waals surface area contributed by atoms with Gasteiger partial charge in [-0.25, -0.2) is 0 Å². The van der Waals surface area contributed by atoms with Crippen LogP contribution in [0.1, 0.15) is 40.2 Å². The molecule has 100 valence electrons. The van der Waals surface area contributed by atoms with Gasteiger partial charge in [0.25, 0.3) is 0 Å². The highest BCUT2D eigenvalue weighted by atomic mass is 16.7. The van der Waals surface area contributed by atoms with E-state index in [4.69, 9.17) is 9.47 Å². The van der Waals surface area contributed by atoms with Crippen LogP contribution in [0.25, 0.3) is 6.08 Å². The van der Waals surface area contributed by atoms with Crippen LogP contribution in [0.2, 0.25) is 0 Å². The van der Waals surface area contributed by atoms with Crippen molar-refractivity contribution >= 4 is 6.08 Å². The summed E-state index contributed by atoms with van der Waals surface area (Å²) in [5, 5.41) is 0. The van der Waals surface area contributed by atoms with Crippen molar-refractivity contribution in [1.82, 2.24) is 0 Å². The van der Waals surface area contributed by atoms with E-state index >= 15 is 0 Å². The third-order valence-corrected chi connectivity index (χ3v) is 2.38. The lowest BCUT2D eigenvalue weighted by Crippen LogP contribution is -2.35. The Morgan fingerprint density at radius 1 is 1.11 bits per heavy atom. The molecule has 0 N–H and O–H groups in total. The van der Waals surface area contributed by atoms with Crippen molar-refractivity contribution in [1.29, 1.82) is 0 Å². The van der Waals surface area contributed by atoms with Gasteiger partial charge in [-0.2, -0.15) is 0 Å². The predicted molar refractivity (Wildman–Crippen MR) is 76.6 cm³/mol. The second-order valence-corrected chi connectivity index (χ2v) is 5.73. The molecular formula is C16H24O2. The van der Waals surface area contributed by atoms with Crippen LogP contribution in [-0.4, -0.2) is 11.9 Å². The van der Waals surface area contributed by atoms with Crippen LogP contribution in [0.3, 0.4) is 0 Å². The molecule has 0 aromatic heterocycles. The average Bonchev–Trinajstić information content (AvgIpc) is 2.27. The molecule has 1 rings (SSSR count). The lowest BCUT2D eigenvalue weighted by Gasteiger charge is -2.30. The van der Waals surface area contributed by atoms with Crippen molar-refractivity contribution < 1.29 is 9.47 Å². The molecule has 18 heavy (non-hydrogen) atoms. The van der Waals surface area contributed by atoms with Crippen molar-refractivity contribution in [2.45, 2.75) is 46.5 Å². The van der Waals surface area contributed by atoms with E-state index < -0.39 is 0 Å². The van der Waals surface area contributed by atoms with Crippen molar-refractivity contribution in [3.05, 3.63) is 36.4 Å². The maximum atomic E-state index is 5.92. The molecule has 2 heteroatoms. The van der Waals surface area contributed by atoms with Crippen LogP contribution in [0.15, 0.2) is 30.8 Å². The maximum Gasteiger partial charge on any atom is 0.202 e. The Labute approximate surface area is 111 Å². The Hall–Kier alpha value is -1.28. The molecular weight excluding hydrogens is 224 g/mol. The molecule has 1 aromatic rings. The van der Waals surface area contributed by atoms with E-state index in [2.05, 4.69) is 20.4 Å². The summed E-state index contributed by atoms with van der Waals surface area (Å²) in [7, 11) is 0. The van der Waals surface area contributed by atoms with Gasteiger partial charge in [-0.3, -0.25) is 0 Å². The summed E-state index contributed by atoms with van der Waals surface area (Å²) in [5.41, 5.74) is 0.871. The molecule has 0 bridgehead atoms. The van der Waals surface area contributed by atoms with E-state index in [1.54, 1.807) is 0 Å². The zero-order valence-corrected chi connectivity index (χ0v) is 12.1. The van der Waals surface area contributed by atoms with Crippen LogP contribution in [0.4, 0.5) is 0 Å². The zero-order chi connectivity index (χ0) is 13.8. The number of rotatable bonds is 5. The number of benzene rings is 1. The minimum atomic E-state index is -0.236. The molecule has 0 saturated carbocycles. The van der Waals surface area contributed by atoms with Crippen LogP contribution in [0, 0.1) is 5.92 Å². The Balaban J connectivity index is 2.73. The SMILES string of the molecule is C=Cc1ccc(OC(OC(C)(C)C)C(C)C)cc1. The summed E-state index contributed by atoms with van der Waals surface area (Å²) in [6, 6.07) is 7.85. The van der Waals surface area contributed by atoms with Gasteiger partial charge in [0.1, 0.15) is 5.75 Å². The lowest BCUT2D eigenvalue weighted by atomic mass is 10.1. The lowest BCUT2D eigenvalue weighted by molar-refractivity contribution is -0.171. The summed E-state index contributed by atoms with van der Waals surface area (Å²) in [6.45, 7) is 14.0. The fraction of sp³-hybridized carbons (Fsp3) is 0.500. The molecule has 0 aliphatic heterocycles. The second kappa shape index (κ2) is 6.05. The highest BCUT2D eigenvalue weighted by Crippen LogP contribution is 2.22. The van der Waals surface area contributed by atoms with Crippen LogP contribution in [-0.2, 0) is 4.74 Å². The highest BCUT2D eigenvalue weighted by Gasteiger charge is 2.23. The van der Waals surface area contributed by atoms with E-state index in [0.717, 1.165) is 11.3 Å². The number of hydrogen-bond donors (Lipinski definition) is 0. The molecule has 1 aromatic carbocycles. The summed E-state index contributed by atoms with van der Waals surface area (Å²) in [4.78, 5) is 0. The minimum Gasteiger partial charge on any atom is -0.465 e. The molecule has 0 saturated heterocycles. The molecule has 0 amide bonds. The van der Waals surface area contributed by atoms with E-state index in [-0.39, 0.29) is 11.9 Å². The summed E-state index contributed by atoms with van der Waals surface area (Å²) >= 11 is 0. The van der Waals surface area contributed by atoms with Gasteiger partial charge < -0.3 is 9.47 Å². The molecule has 0 heterocycles. The fourth-order valence-corrected chi connectivity index (χ4v) is 1.46. The molecule has 1 unspecified atom stereocenters. The smallest absolute Gasteiger partial charge is 0.202 e. The Morgan fingerprint density at radius 2 is 1.67 bits per heavy atom. The Kier molecular flexibility index (Phi) is 4.97. The van der Waals surface area contributed by atoms with E-state index in [1.165, 1.54) is 0 Å². The maximum absolute atomic E-state index is 5.92. The van der Waals surface area contributed by atoms with Gasteiger partial charge in [0.15, 0.2) is 0 Å². The first-order valence-corrected chi connectivity index (χ1v) is 6.39. The topological polar surface area (TPSA) is 18.5 Å². The highest BCUT2D eigenvalue weighted by molar-refractivity contribution is 5.48. The van der Waals surface area contributed by atoms with Crippen molar-refractivity contribution in [2.75, 3.05) is 0 Å². The molecule has 1 atom stereocenters. The third-order valence-electron chi connectivity index (χ3n) is 2.38. The molecule has 0 aliphatic rings. The second-order valence-electron chi connectivity index (χ2n) is 5.73. The quantitative estimate of drug-likeness (QED) is 0.714. The van der Waals surface area contributed by atoms with Gasteiger partial charge in [0, 0.05) is 5.92 Å². The van der Waals surface area contributed by atoms with Crippen molar-refractivity contribution in [2.24, 2.45) is 5.92 Å². The van der Waals surface area contributed by atoms with Gasteiger partial charge in [-0.1, -0.05) is 38.6 Å². The first-order chi connectivity index (χ1) is 8.31. The molecule has 0 fully saturated rings. The predicted octanol–water partition coefficient (Wildman–Crippen LogP) is 4.51. The summed E-state index contributed by atoms with van der Waals surface area (Å²) < 4.78 is 11.8. The first kappa shape index (κ1) is 14.8. The van der Waals surface area contributed by atoms with Crippen molar-refractivity contribution in [3.8, 4) is 5.75 Å². The molecule has 0 radical (unpaired) electrons. The monoisotopic (exact) mass is 248 g/mol. The largest absolute Gasteiger partial charge is 0.465 e. The van der Waals surface area contributed by atoms with Gasteiger partial charge in [0.2, 0.25) is 6.29 Å². The van der Waals surface area contributed by atoms with Crippen LogP contribution >= 0.6 is 0 Å². The average molecular weight is 248 g/mol. The first-order valence-electron chi connectivity index (χ1n) is 6.39. The van der Waals surface area contributed by atoms with Gasteiger partial charge in [-0.15, -0.1) is 0 Å². The minimum absolute atomic E-state index is 0.212. The van der Waals surface area contributed by atoms with Gasteiger partial charge in [0.05, 0.1) is 5.60 Å². The van der Waals surface area contributed by atoms with Gasteiger partial charge >= 0.3 is 0 Å². The number of ether oxygens (including phenoxy) is 2. The summed E-state index contributed by atoms with van der Waals surface area (Å²) in [6.07, 6.45) is 1.58. The van der Waals surface area contributed by atoms with E-state index in [9.17, 15) is 0 Å². The van der Waals surface area contributed by atoms with Crippen LogP contribution < -0.4 is 4.74 Å². The van der Waals surface area contributed by atoms with E-state index in [0.29, 0.717) is 5.92 Å². The Bertz CT molecular complexity index is 371. The van der Waals surface area contributed by atoms with E-state index in [1.807, 2.05) is 51.1 Å².